The maximum Gasteiger partial charge on any atom is 0.0249 e. The second-order valence-electron chi connectivity index (χ2n) is 7.33. The van der Waals surface area contributed by atoms with Gasteiger partial charge in [-0.3, -0.25) is 0 Å². The first kappa shape index (κ1) is 15.3. The monoisotopic (exact) mass is 266 g/mol. The molecule has 0 amide bonds. The normalized spacial score (nSPS) is 32.2. The Morgan fingerprint density at radius 3 is 2.47 bits per heavy atom. The molecule has 2 aliphatic carbocycles. The second-order valence-corrected chi connectivity index (χ2v) is 7.33. The van der Waals surface area contributed by atoms with Crippen LogP contribution in [0.5, 0.6) is 0 Å². The Balaban J connectivity index is 1.92. The Kier molecular flexibility index (Phi) is 5.70. The molecular weight excluding hydrogens is 232 g/mol. The minimum atomic E-state index is 0.735. The highest BCUT2D eigenvalue weighted by atomic mass is 15.2. The fourth-order valence-electron chi connectivity index (χ4n) is 3.68. The summed E-state index contributed by atoms with van der Waals surface area (Å²) in [5, 5.41) is 3.81. The standard InChI is InChI=1S/C17H34N2/c1-5-10-18-16-9-8-15(13(2)3)11-17(16)19(4)12-14-6-7-14/h13-18H,5-12H2,1-4H3. The van der Waals surface area contributed by atoms with Gasteiger partial charge in [0.25, 0.3) is 0 Å². The van der Waals surface area contributed by atoms with Crippen LogP contribution < -0.4 is 5.32 Å². The van der Waals surface area contributed by atoms with Crippen LogP contribution in [0.2, 0.25) is 0 Å². The van der Waals surface area contributed by atoms with Gasteiger partial charge in [-0.1, -0.05) is 20.8 Å². The molecule has 2 saturated carbocycles. The molecule has 3 atom stereocenters. The number of nitrogens with one attached hydrogen (secondary N) is 1. The van der Waals surface area contributed by atoms with E-state index in [4.69, 9.17) is 0 Å². The van der Waals surface area contributed by atoms with Crippen molar-refractivity contribution >= 4 is 0 Å². The van der Waals surface area contributed by atoms with E-state index in [1.54, 1.807) is 0 Å². The van der Waals surface area contributed by atoms with E-state index in [-0.39, 0.29) is 0 Å². The maximum atomic E-state index is 3.81. The molecule has 0 aromatic rings. The summed E-state index contributed by atoms with van der Waals surface area (Å²) in [6.07, 6.45) is 8.40. The van der Waals surface area contributed by atoms with Crippen molar-refractivity contribution in [1.82, 2.24) is 10.2 Å². The molecule has 0 spiro atoms. The minimum Gasteiger partial charge on any atom is -0.312 e. The second kappa shape index (κ2) is 7.08. The van der Waals surface area contributed by atoms with Crippen molar-refractivity contribution in [2.45, 2.75) is 71.4 Å². The molecule has 0 saturated heterocycles. The van der Waals surface area contributed by atoms with Gasteiger partial charge in [0, 0.05) is 18.6 Å². The summed E-state index contributed by atoms with van der Waals surface area (Å²) in [5.41, 5.74) is 0. The lowest BCUT2D eigenvalue weighted by Crippen LogP contribution is -2.53. The van der Waals surface area contributed by atoms with Crippen molar-refractivity contribution in [1.29, 1.82) is 0 Å². The lowest BCUT2D eigenvalue weighted by Gasteiger charge is -2.43. The van der Waals surface area contributed by atoms with Crippen LogP contribution in [0.15, 0.2) is 0 Å². The SMILES string of the molecule is CCCNC1CCC(C(C)C)CC1N(C)CC1CC1. The van der Waals surface area contributed by atoms with Crippen molar-refractivity contribution in [3.05, 3.63) is 0 Å². The van der Waals surface area contributed by atoms with E-state index in [2.05, 4.69) is 38.0 Å². The summed E-state index contributed by atoms with van der Waals surface area (Å²) in [7, 11) is 2.37. The van der Waals surface area contributed by atoms with Crippen LogP contribution >= 0.6 is 0 Å². The van der Waals surface area contributed by atoms with E-state index >= 15 is 0 Å². The summed E-state index contributed by atoms with van der Waals surface area (Å²) in [4.78, 5) is 2.68. The molecule has 0 radical (unpaired) electrons. The van der Waals surface area contributed by atoms with Gasteiger partial charge in [0.1, 0.15) is 0 Å². The minimum absolute atomic E-state index is 0.735. The predicted octanol–water partition coefficient (Wildman–Crippen LogP) is 3.52. The molecule has 1 N–H and O–H groups in total. The van der Waals surface area contributed by atoms with E-state index < -0.39 is 0 Å². The lowest BCUT2D eigenvalue weighted by atomic mass is 9.76. The highest BCUT2D eigenvalue weighted by molar-refractivity contribution is 4.92. The molecule has 0 aliphatic heterocycles. The molecule has 2 nitrogen and oxygen atoms in total. The van der Waals surface area contributed by atoms with Gasteiger partial charge in [-0.15, -0.1) is 0 Å². The molecule has 0 aromatic heterocycles. The van der Waals surface area contributed by atoms with Gasteiger partial charge in [-0.05, 0) is 69.9 Å². The molecule has 19 heavy (non-hydrogen) atoms. The fourth-order valence-corrected chi connectivity index (χ4v) is 3.68. The van der Waals surface area contributed by atoms with Crippen LogP contribution in [0.4, 0.5) is 0 Å². The first-order chi connectivity index (χ1) is 9.11. The van der Waals surface area contributed by atoms with E-state index in [0.717, 1.165) is 29.8 Å². The Morgan fingerprint density at radius 1 is 1.16 bits per heavy atom. The summed E-state index contributed by atoms with van der Waals surface area (Å²) in [6, 6.07) is 1.51. The van der Waals surface area contributed by atoms with Crippen molar-refractivity contribution in [3.63, 3.8) is 0 Å². The number of rotatable bonds is 7. The van der Waals surface area contributed by atoms with Crippen molar-refractivity contribution in [3.8, 4) is 0 Å². The van der Waals surface area contributed by atoms with Crippen LogP contribution in [-0.2, 0) is 0 Å². The van der Waals surface area contributed by atoms with Crippen molar-refractivity contribution in [2.75, 3.05) is 20.1 Å². The van der Waals surface area contributed by atoms with Crippen LogP contribution in [0.3, 0.4) is 0 Å². The summed E-state index contributed by atoms with van der Waals surface area (Å²) >= 11 is 0. The van der Waals surface area contributed by atoms with Crippen molar-refractivity contribution < 1.29 is 0 Å². The Morgan fingerprint density at radius 2 is 1.89 bits per heavy atom. The summed E-state index contributed by atoms with van der Waals surface area (Å²) in [5.74, 6) is 2.80. The molecule has 112 valence electrons. The summed E-state index contributed by atoms with van der Waals surface area (Å²) < 4.78 is 0. The zero-order valence-electron chi connectivity index (χ0n) is 13.5. The van der Waals surface area contributed by atoms with Crippen LogP contribution in [0.1, 0.15) is 59.3 Å². The van der Waals surface area contributed by atoms with E-state index in [1.165, 1.54) is 51.6 Å². The molecule has 0 heterocycles. The largest absolute Gasteiger partial charge is 0.312 e. The molecule has 3 unspecified atom stereocenters. The number of likely N-dealkylation sites (N-methyl/N-ethyl adjacent to an activating group) is 1. The number of nitrogens with zero attached hydrogens (tertiary/aromatic N) is 1. The lowest BCUT2D eigenvalue weighted by molar-refractivity contribution is 0.0991. The van der Waals surface area contributed by atoms with Gasteiger partial charge in [0.15, 0.2) is 0 Å². The molecule has 2 rings (SSSR count). The van der Waals surface area contributed by atoms with Crippen LogP contribution in [-0.4, -0.2) is 37.1 Å². The van der Waals surface area contributed by atoms with Gasteiger partial charge in [0.2, 0.25) is 0 Å². The molecule has 2 aliphatic rings. The van der Waals surface area contributed by atoms with Gasteiger partial charge >= 0.3 is 0 Å². The third-order valence-corrected chi connectivity index (χ3v) is 5.27. The Labute approximate surface area is 120 Å². The Bertz CT molecular complexity index is 260. The molecule has 2 heteroatoms. The number of hydrogen-bond donors (Lipinski definition) is 1. The third-order valence-electron chi connectivity index (χ3n) is 5.27. The van der Waals surface area contributed by atoms with Crippen LogP contribution in [0, 0.1) is 17.8 Å². The molecule has 2 fully saturated rings. The van der Waals surface area contributed by atoms with E-state index in [1.807, 2.05) is 0 Å². The van der Waals surface area contributed by atoms with Crippen LogP contribution in [0.25, 0.3) is 0 Å². The molecule has 0 aromatic carbocycles. The van der Waals surface area contributed by atoms with Gasteiger partial charge in [0.05, 0.1) is 0 Å². The zero-order chi connectivity index (χ0) is 13.8. The van der Waals surface area contributed by atoms with Gasteiger partial charge in [-0.2, -0.15) is 0 Å². The quantitative estimate of drug-likeness (QED) is 0.758. The molecular formula is C17H34N2. The first-order valence-corrected chi connectivity index (χ1v) is 8.55. The van der Waals surface area contributed by atoms with E-state index in [9.17, 15) is 0 Å². The third kappa shape index (κ3) is 4.46. The first-order valence-electron chi connectivity index (χ1n) is 8.55. The number of hydrogen-bond acceptors (Lipinski definition) is 2. The predicted molar refractivity (Wildman–Crippen MR) is 83.4 cm³/mol. The summed E-state index contributed by atoms with van der Waals surface area (Å²) in [6.45, 7) is 9.60. The van der Waals surface area contributed by atoms with Gasteiger partial charge < -0.3 is 10.2 Å². The fraction of sp³-hybridized carbons (Fsp3) is 1.00. The average Bonchev–Trinajstić information content (AvgIpc) is 3.19. The maximum absolute atomic E-state index is 3.81. The smallest absolute Gasteiger partial charge is 0.0249 e. The highest BCUT2D eigenvalue weighted by Crippen LogP contribution is 2.35. The van der Waals surface area contributed by atoms with Crippen molar-refractivity contribution in [2.24, 2.45) is 17.8 Å². The average molecular weight is 266 g/mol. The van der Waals surface area contributed by atoms with Gasteiger partial charge in [-0.25, -0.2) is 0 Å². The highest BCUT2D eigenvalue weighted by Gasteiger charge is 2.35. The van der Waals surface area contributed by atoms with E-state index in [0.29, 0.717) is 0 Å². The molecule has 0 bridgehead atoms. The Hall–Kier alpha value is -0.0800. The zero-order valence-corrected chi connectivity index (χ0v) is 13.5. The topological polar surface area (TPSA) is 15.3 Å².